The summed E-state index contributed by atoms with van der Waals surface area (Å²) in [5.41, 5.74) is 6.93. The van der Waals surface area contributed by atoms with Gasteiger partial charge in [-0.05, 0) is 31.4 Å². The van der Waals surface area contributed by atoms with Crippen LogP contribution in [0.1, 0.15) is 24.2 Å². The number of ketones is 1. The van der Waals surface area contributed by atoms with Crippen molar-refractivity contribution in [3.63, 3.8) is 0 Å². The quantitative estimate of drug-likeness (QED) is 0.624. The second-order valence-corrected chi connectivity index (χ2v) is 4.21. The Morgan fingerprint density at radius 1 is 1.17 bits per heavy atom. The number of carbonyl (C=O) groups is 1. The van der Waals surface area contributed by atoms with Crippen LogP contribution in [0.3, 0.4) is 0 Å². The first kappa shape index (κ1) is 12.1. The minimum absolute atomic E-state index is 0.147. The number of carbonyl (C=O) groups excluding carboxylic acids is 1. The van der Waals surface area contributed by atoms with Crippen LogP contribution in [-0.2, 0) is 0 Å². The lowest BCUT2D eigenvalue weighted by Crippen LogP contribution is -2.10. The van der Waals surface area contributed by atoms with Crippen molar-refractivity contribution in [3.8, 4) is 0 Å². The van der Waals surface area contributed by atoms with Crippen LogP contribution in [0.25, 0.3) is 10.8 Å². The number of H-pyrrole nitrogens is 1. The molecule has 0 aliphatic heterocycles. The first-order valence-corrected chi connectivity index (χ1v) is 5.60. The average molecular weight is 242 g/mol. The third-order valence-corrected chi connectivity index (χ3v) is 2.99. The molecule has 0 saturated heterocycles. The molecule has 4 heteroatoms. The average Bonchev–Trinajstić information content (AvgIpc) is 2.37. The minimum atomic E-state index is -0.201. The molecule has 1 heterocycles. The zero-order valence-electron chi connectivity index (χ0n) is 10.3. The molecule has 18 heavy (non-hydrogen) atoms. The van der Waals surface area contributed by atoms with Crippen LogP contribution < -0.4 is 11.3 Å². The number of nitrogens with one attached hydrogen (secondary N) is 1. The lowest BCUT2D eigenvalue weighted by atomic mass is 9.98. The van der Waals surface area contributed by atoms with E-state index in [1.54, 1.807) is 38.1 Å². The van der Waals surface area contributed by atoms with Crippen LogP contribution >= 0.6 is 0 Å². The summed E-state index contributed by atoms with van der Waals surface area (Å²) in [7, 11) is 0. The summed E-state index contributed by atoms with van der Waals surface area (Å²) in [5, 5.41) is 1.15. The van der Waals surface area contributed by atoms with Gasteiger partial charge in [-0.25, -0.2) is 0 Å². The molecule has 0 saturated carbocycles. The van der Waals surface area contributed by atoms with Gasteiger partial charge in [0, 0.05) is 28.4 Å². The molecule has 3 N–H and O–H groups in total. The third kappa shape index (κ3) is 1.93. The van der Waals surface area contributed by atoms with Crippen molar-refractivity contribution < 1.29 is 4.79 Å². The van der Waals surface area contributed by atoms with Gasteiger partial charge in [0.05, 0.1) is 0 Å². The van der Waals surface area contributed by atoms with Crippen molar-refractivity contribution in [1.82, 2.24) is 4.98 Å². The third-order valence-electron chi connectivity index (χ3n) is 2.99. The van der Waals surface area contributed by atoms with Crippen molar-refractivity contribution in [2.75, 3.05) is 0 Å². The molecule has 1 aromatic carbocycles. The molecular weight excluding hydrogens is 228 g/mol. The molecular formula is C14H14N2O2. The largest absolute Gasteiger partial charge is 0.402 e. The number of Topliss-reactive ketones (excluding diaryl/α,β-unsaturated/α-hetero) is 1. The Balaban J connectivity index is 2.74. The zero-order valence-corrected chi connectivity index (χ0v) is 10.3. The Morgan fingerprint density at radius 3 is 2.56 bits per heavy atom. The van der Waals surface area contributed by atoms with Gasteiger partial charge in [-0.1, -0.05) is 12.1 Å². The number of aromatic nitrogens is 1. The molecule has 0 aliphatic carbocycles. The number of aromatic amines is 1. The first-order valence-electron chi connectivity index (χ1n) is 5.60. The Morgan fingerprint density at radius 2 is 1.89 bits per heavy atom. The summed E-state index contributed by atoms with van der Waals surface area (Å²) < 4.78 is 0. The standard InChI is InChI=1S/C14H14N2O2/c1-8(9(2)15)13(17)11-4-3-5-12-10(11)6-7-16-14(12)18/h3-7H,15H2,1-2H3,(H,16,18)/b9-8-. The highest BCUT2D eigenvalue weighted by atomic mass is 16.1. The number of hydrogen-bond donors (Lipinski definition) is 2. The normalized spacial score (nSPS) is 12.3. The van der Waals surface area contributed by atoms with Gasteiger partial charge < -0.3 is 10.7 Å². The van der Waals surface area contributed by atoms with Gasteiger partial charge in [0.25, 0.3) is 5.56 Å². The molecule has 1 aromatic heterocycles. The van der Waals surface area contributed by atoms with Gasteiger partial charge in [-0.2, -0.15) is 0 Å². The number of benzene rings is 1. The van der Waals surface area contributed by atoms with Crippen LogP contribution in [0.2, 0.25) is 0 Å². The molecule has 0 bridgehead atoms. The molecule has 0 aliphatic rings. The fourth-order valence-electron chi connectivity index (χ4n) is 1.80. The first-order chi connectivity index (χ1) is 8.52. The second-order valence-electron chi connectivity index (χ2n) is 4.21. The van der Waals surface area contributed by atoms with Crippen molar-refractivity contribution in [2.24, 2.45) is 5.73 Å². The Bertz CT molecular complexity index is 707. The van der Waals surface area contributed by atoms with E-state index in [4.69, 9.17) is 5.73 Å². The van der Waals surface area contributed by atoms with E-state index in [1.165, 1.54) is 6.20 Å². The maximum absolute atomic E-state index is 12.3. The lowest BCUT2D eigenvalue weighted by molar-refractivity contribution is 0.103. The van der Waals surface area contributed by atoms with Crippen LogP contribution in [0.5, 0.6) is 0 Å². The molecule has 0 amide bonds. The Hall–Kier alpha value is -2.36. The van der Waals surface area contributed by atoms with E-state index in [1.807, 2.05) is 0 Å². The van der Waals surface area contributed by atoms with Crippen LogP contribution in [0, 0.1) is 0 Å². The number of allylic oxidation sites excluding steroid dienone is 2. The van der Waals surface area contributed by atoms with E-state index in [2.05, 4.69) is 4.98 Å². The van der Waals surface area contributed by atoms with Crippen LogP contribution in [0.15, 0.2) is 46.5 Å². The Kier molecular flexibility index (Phi) is 3.02. The van der Waals surface area contributed by atoms with Crippen molar-refractivity contribution in [2.45, 2.75) is 13.8 Å². The molecule has 2 aromatic rings. The summed E-state index contributed by atoms with van der Waals surface area (Å²) in [6, 6.07) is 6.82. The molecule has 2 rings (SSSR count). The Labute approximate surface area is 104 Å². The molecule has 0 spiro atoms. The van der Waals surface area contributed by atoms with E-state index in [-0.39, 0.29) is 11.3 Å². The van der Waals surface area contributed by atoms with Gasteiger partial charge in [-0.15, -0.1) is 0 Å². The number of rotatable bonds is 2. The zero-order chi connectivity index (χ0) is 13.3. The summed E-state index contributed by atoms with van der Waals surface area (Å²) in [4.78, 5) is 26.5. The van der Waals surface area contributed by atoms with E-state index in [0.717, 1.165) is 0 Å². The summed E-state index contributed by atoms with van der Waals surface area (Å²) in [6.07, 6.45) is 1.54. The van der Waals surface area contributed by atoms with Gasteiger partial charge >= 0.3 is 0 Å². The predicted octanol–water partition coefficient (Wildman–Crippen LogP) is 1.96. The van der Waals surface area contributed by atoms with Gasteiger partial charge in [-0.3, -0.25) is 9.59 Å². The second kappa shape index (κ2) is 4.49. The van der Waals surface area contributed by atoms with Crippen molar-refractivity contribution in [3.05, 3.63) is 57.6 Å². The number of hydrogen-bond acceptors (Lipinski definition) is 3. The molecule has 92 valence electrons. The van der Waals surface area contributed by atoms with Crippen molar-refractivity contribution in [1.29, 1.82) is 0 Å². The maximum Gasteiger partial charge on any atom is 0.255 e. The maximum atomic E-state index is 12.3. The van der Waals surface area contributed by atoms with Gasteiger partial charge in [0.2, 0.25) is 0 Å². The fraction of sp³-hybridized carbons (Fsp3) is 0.143. The number of nitrogens with two attached hydrogens (primary N) is 1. The molecule has 4 nitrogen and oxygen atoms in total. The summed E-state index contributed by atoms with van der Waals surface area (Å²) in [6.45, 7) is 3.37. The molecule has 0 radical (unpaired) electrons. The topological polar surface area (TPSA) is 76.0 Å². The predicted molar refractivity (Wildman–Crippen MR) is 71.5 cm³/mol. The van der Waals surface area contributed by atoms with E-state index >= 15 is 0 Å². The van der Waals surface area contributed by atoms with Gasteiger partial charge in [0.1, 0.15) is 0 Å². The molecule has 0 atom stereocenters. The summed E-state index contributed by atoms with van der Waals surface area (Å²) in [5.74, 6) is -0.147. The van der Waals surface area contributed by atoms with Gasteiger partial charge in [0.15, 0.2) is 5.78 Å². The highest BCUT2D eigenvalue weighted by Gasteiger charge is 2.13. The van der Waals surface area contributed by atoms with Crippen molar-refractivity contribution >= 4 is 16.6 Å². The fourth-order valence-corrected chi connectivity index (χ4v) is 1.80. The van der Waals surface area contributed by atoms with E-state index < -0.39 is 0 Å². The monoisotopic (exact) mass is 242 g/mol. The van der Waals surface area contributed by atoms with E-state index in [0.29, 0.717) is 27.6 Å². The smallest absolute Gasteiger partial charge is 0.255 e. The van der Waals surface area contributed by atoms with E-state index in [9.17, 15) is 9.59 Å². The highest BCUT2D eigenvalue weighted by molar-refractivity contribution is 6.16. The molecule has 0 fully saturated rings. The number of fused-ring (bicyclic) bond motifs is 1. The molecule has 0 unspecified atom stereocenters. The summed E-state index contributed by atoms with van der Waals surface area (Å²) >= 11 is 0. The highest BCUT2D eigenvalue weighted by Crippen LogP contribution is 2.19. The SMILES string of the molecule is C/C(N)=C(\C)C(=O)c1cccc2c(=O)[nH]ccc12. The minimum Gasteiger partial charge on any atom is -0.402 e. The van der Waals surface area contributed by atoms with Crippen LogP contribution in [-0.4, -0.2) is 10.8 Å². The number of pyridine rings is 1. The van der Waals surface area contributed by atoms with Crippen LogP contribution in [0.4, 0.5) is 0 Å². The lowest BCUT2D eigenvalue weighted by Gasteiger charge is -2.06.